The minimum atomic E-state index is -4.64. The van der Waals surface area contributed by atoms with Gasteiger partial charge in [-0.25, -0.2) is 24.2 Å². The van der Waals surface area contributed by atoms with E-state index in [-0.39, 0.29) is 34.9 Å². The van der Waals surface area contributed by atoms with Gasteiger partial charge in [-0.15, -0.1) is 0 Å². The molecule has 1 atom stereocenters. The number of benzene rings is 1. The van der Waals surface area contributed by atoms with Crippen molar-refractivity contribution in [3.63, 3.8) is 0 Å². The van der Waals surface area contributed by atoms with Crippen molar-refractivity contribution in [1.82, 2.24) is 39.1 Å². The lowest BCUT2D eigenvalue weighted by Crippen LogP contribution is -2.46. The lowest BCUT2D eigenvalue weighted by molar-refractivity contribution is -0.138. The molecule has 5 rings (SSSR count). The fourth-order valence-corrected chi connectivity index (χ4v) is 5.43. The molecule has 0 fully saturated rings. The predicted octanol–water partition coefficient (Wildman–Crippen LogP) is 4.13. The Hall–Kier alpha value is -4.11. The van der Waals surface area contributed by atoms with Crippen LogP contribution in [0.4, 0.5) is 13.2 Å². The predicted molar refractivity (Wildman–Crippen MR) is 158 cm³/mol. The van der Waals surface area contributed by atoms with Gasteiger partial charge in [-0.05, 0) is 65.6 Å². The number of likely N-dealkylation sites (N-methyl/N-ethyl adjacent to an activating group) is 1. The summed E-state index contributed by atoms with van der Waals surface area (Å²) in [5.74, 6) is 0.0127. The molecule has 0 saturated carbocycles. The molecule has 0 N–H and O–H groups in total. The van der Waals surface area contributed by atoms with Crippen molar-refractivity contribution < 1.29 is 22.7 Å². The number of carbonyl (C=O) groups excluding carboxylic acids is 1. The summed E-state index contributed by atoms with van der Waals surface area (Å²) in [5.41, 5.74) is 0.553. The van der Waals surface area contributed by atoms with Gasteiger partial charge >= 0.3 is 6.18 Å². The van der Waals surface area contributed by atoms with E-state index in [1.165, 1.54) is 38.7 Å². The van der Waals surface area contributed by atoms with Crippen LogP contribution >= 0.6 is 15.9 Å². The molecule has 4 heterocycles. The van der Waals surface area contributed by atoms with E-state index in [4.69, 9.17) is 9.72 Å². The zero-order valence-electron chi connectivity index (χ0n) is 24.7. The first kappa shape index (κ1) is 31.3. The number of halogens is 4. The van der Waals surface area contributed by atoms with Crippen LogP contribution in [0.2, 0.25) is 0 Å². The first-order valence-corrected chi connectivity index (χ1v) is 14.5. The molecule has 0 bridgehead atoms. The SMILES string of the molecule is Cc1cc(C)n(-c2nc3c(c(=O)n2-c2ncc(OCCN(C)C)cn2)C[C@@H](C)N(C(=O)c2ccc(Br)c(C(F)(F)F)c2)C3)n1. The summed E-state index contributed by atoms with van der Waals surface area (Å²) in [6.07, 6.45) is -1.57. The van der Waals surface area contributed by atoms with Crippen molar-refractivity contribution in [2.75, 3.05) is 27.2 Å². The van der Waals surface area contributed by atoms with E-state index in [1.807, 2.05) is 32.0 Å². The lowest BCUT2D eigenvalue weighted by Gasteiger charge is -2.34. The molecule has 0 aliphatic carbocycles. The number of nitrogens with zero attached hydrogens (tertiary/aromatic N) is 8. The van der Waals surface area contributed by atoms with Crippen molar-refractivity contribution in [3.8, 4) is 17.6 Å². The highest BCUT2D eigenvalue weighted by atomic mass is 79.9. The summed E-state index contributed by atoms with van der Waals surface area (Å²) < 4.78 is 48.9. The van der Waals surface area contributed by atoms with Crippen LogP contribution in [0.15, 0.2) is 45.9 Å². The van der Waals surface area contributed by atoms with E-state index < -0.39 is 29.2 Å². The smallest absolute Gasteiger partial charge is 0.417 e. The van der Waals surface area contributed by atoms with Gasteiger partial charge in [0.2, 0.25) is 11.9 Å². The highest BCUT2D eigenvalue weighted by Gasteiger charge is 2.36. The third kappa shape index (κ3) is 6.24. The van der Waals surface area contributed by atoms with Crippen molar-refractivity contribution in [1.29, 1.82) is 0 Å². The van der Waals surface area contributed by atoms with Gasteiger partial charge in [-0.1, -0.05) is 15.9 Å². The van der Waals surface area contributed by atoms with Gasteiger partial charge in [0.25, 0.3) is 11.5 Å². The summed E-state index contributed by atoms with van der Waals surface area (Å²) >= 11 is 2.92. The Labute approximate surface area is 259 Å². The molecule has 11 nitrogen and oxygen atoms in total. The number of fused-ring (bicyclic) bond motifs is 1. The summed E-state index contributed by atoms with van der Waals surface area (Å²) in [6.45, 7) is 6.38. The zero-order valence-corrected chi connectivity index (χ0v) is 26.3. The molecule has 1 aliphatic heterocycles. The van der Waals surface area contributed by atoms with Crippen LogP contribution < -0.4 is 10.3 Å². The fraction of sp³-hybridized carbons (Fsp3) is 0.379. The maximum absolute atomic E-state index is 14.1. The molecule has 232 valence electrons. The van der Waals surface area contributed by atoms with Gasteiger partial charge in [0.05, 0.1) is 35.9 Å². The van der Waals surface area contributed by atoms with Crippen LogP contribution in [0.3, 0.4) is 0 Å². The quantitative estimate of drug-likeness (QED) is 0.288. The first-order valence-electron chi connectivity index (χ1n) is 13.7. The van der Waals surface area contributed by atoms with E-state index in [1.54, 1.807) is 13.8 Å². The van der Waals surface area contributed by atoms with Crippen molar-refractivity contribution >= 4 is 21.8 Å². The fourth-order valence-electron chi connectivity index (χ4n) is 4.96. The molecule has 15 heteroatoms. The summed E-state index contributed by atoms with van der Waals surface area (Å²) in [7, 11) is 3.86. The summed E-state index contributed by atoms with van der Waals surface area (Å²) in [5, 5.41) is 4.51. The maximum Gasteiger partial charge on any atom is 0.417 e. The topological polar surface area (TPSA) is 111 Å². The monoisotopic (exact) mass is 674 g/mol. The van der Waals surface area contributed by atoms with Gasteiger partial charge in [-0.3, -0.25) is 9.59 Å². The highest BCUT2D eigenvalue weighted by molar-refractivity contribution is 9.10. The molecule has 0 radical (unpaired) electrons. The Morgan fingerprint density at radius 3 is 2.48 bits per heavy atom. The number of hydrogen-bond acceptors (Lipinski definition) is 8. The van der Waals surface area contributed by atoms with Crippen molar-refractivity contribution in [2.24, 2.45) is 0 Å². The molecule has 44 heavy (non-hydrogen) atoms. The Bertz CT molecular complexity index is 1770. The Morgan fingerprint density at radius 2 is 1.86 bits per heavy atom. The van der Waals surface area contributed by atoms with E-state index in [0.29, 0.717) is 41.5 Å². The number of aryl methyl sites for hydroxylation is 2. The lowest BCUT2D eigenvalue weighted by atomic mass is 9.98. The second kappa shape index (κ2) is 12.1. The highest BCUT2D eigenvalue weighted by Crippen LogP contribution is 2.36. The van der Waals surface area contributed by atoms with Gasteiger partial charge in [0.1, 0.15) is 6.61 Å². The zero-order chi connectivity index (χ0) is 31.9. The van der Waals surface area contributed by atoms with Crippen LogP contribution in [0.1, 0.15) is 45.5 Å². The minimum Gasteiger partial charge on any atom is -0.489 e. The second-order valence-electron chi connectivity index (χ2n) is 10.9. The maximum atomic E-state index is 14.1. The Kier molecular flexibility index (Phi) is 8.62. The molecular formula is C29H30BrF3N8O3. The number of amides is 1. The van der Waals surface area contributed by atoms with E-state index >= 15 is 0 Å². The number of hydrogen-bond donors (Lipinski definition) is 0. The molecule has 0 saturated heterocycles. The molecule has 4 aromatic rings. The standard InChI is InChI=1S/C29H30BrF3N8O3/c1-16-10-18(3)41(37-16)28-36-24-15-39(25(42)19-6-7-23(30)22(12-19)29(31,32)33)17(2)11-21(24)26(43)40(28)27-34-13-20(14-35-27)44-9-8-38(4)5/h6-7,10,12-14,17H,8-9,11,15H2,1-5H3/t17-/m1/s1. The molecule has 0 unspecified atom stereocenters. The Balaban J connectivity index is 1.56. The molecule has 3 aromatic heterocycles. The van der Waals surface area contributed by atoms with Gasteiger partial charge in [0.15, 0.2) is 5.75 Å². The molecule has 0 spiro atoms. The van der Waals surface area contributed by atoms with E-state index in [0.717, 1.165) is 6.07 Å². The summed E-state index contributed by atoms with van der Waals surface area (Å²) in [4.78, 5) is 44.5. The van der Waals surface area contributed by atoms with Crippen molar-refractivity contribution in [3.05, 3.63) is 85.3 Å². The Morgan fingerprint density at radius 1 is 1.16 bits per heavy atom. The van der Waals surface area contributed by atoms with Crippen LogP contribution in [0, 0.1) is 13.8 Å². The first-order chi connectivity index (χ1) is 20.7. The van der Waals surface area contributed by atoms with Crippen LogP contribution in [0.5, 0.6) is 5.75 Å². The largest absolute Gasteiger partial charge is 0.489 e. The van der Waals surface area contributed by atoms with Crippen LogP contribution in [0.25, 0.3) is 11.9 Å². The number of alkyl halides is 3. The van der Waals surface area contributed by atoms with Gasteiger partial charge < -0.3 is 14.5 Å². The number of rotatable bonds is 7. The minimum absolute atomic E-state index is 0.0634. The average Bonchev–Trinajstić information content (AvgIpc) is 3.30. The van der Waals surface area contributed by atoms with Crippen LogP contribution in [-0.2, 0) is 19.1 Å². The van der Waals surface area contributed by atoms with E-state index in [9.17, 15) is 22.8 Å². The summed E-state index contributed by atoms with van der Waals surface area (Å²) in [6, 6.07) is 4.68. The molecular weight excluding hydrogens is 645 g/mol. The normalized spacial score (nSPS) is 15.0. The van der Waals surface area contributed by atoms with Gasteiger partial charge in [0, 0.05) is 33.9 Å². The molecule has 1 aromatic carbocycles. The molecule has 1 aliphatic rings. The third-order valence-corrected chi connectivity index (χ3v) is 7.89. The van der Waals surface area contributed by atoms with Crippen LogP contribution in [-0.4, -0.2) is 78.3 Å². The second-order valence-corrected chi connectivity index (χ2v) is 11.7. The average molecular weight is 676 g/mol. The number of aromatic nitrogens is 6. The van der Waals surface area contributed by atoms with Gasteiger partial charge in [-0.2, -0.15) is 18.3 Å². The third-order valence-electron chi connectivity index (χ3n) is 7.20. The van der Waals surface area contributed by atoms with Crippen molar-refractivity contribution in [2.45, 2.75) is 46.0 Å². The van der Waals surface area contributed by atoms with E-state index in [2.05, 4.69) is 31.0 Å². The number of carbonyl (C=O) groups is 1. The molecule has 1 amide bonds. The number of ether oxygens (including phenoxy) is 1.